The van der Waals surface area contributed by atoms with E-state index in [9.17, 15) is 18.0 Å². The van der Waals surface area contributed by atoms with E-state index >= 15 is 0 Å². The van der Waals surface area contributed by atoms with Crippen LogP contribution in [0.15, 0.2) is 57.9 Å². The molecule has 0 aliphatic heterocycles. The van der Waals surface area contributed by atoms with Crippen molar-refractivity contribution in [3.63, 3.8) is 0 Å². The number of methoxy groups -OCH3 is 1. The van der Waals surface area contributed by atoms with E-state index in [-0.39, 0.29) is 48.1 Å². The minimum absolute atomic E-state index is 0.0767. The van der Waals surface area contributed by atoms with Crippen molar-refractivity contribution in [2.45, 2.75) is 51.6 Å². The van der Waals surface area contributed by atoms with Gasteiger partial charge in [0.15, 0.2) is 0 Å². The molecule has 10 nitrogen and oxygen atoms in total. The molecule has 2 aromatic carbocycles. The maximum atomic E-state index is 13.3. The van der Waals surface area contributed by atoms with Gasteiger partial charge in [0.25, 0.3) is 10.0 Å². The average molecular weight is 571 g/mol. The van der Waals surface area contributed by atoms with Gasteiger partial charge in [0, 0.05) is 38.9 Å². The summed E-state index contributed by atoms with van der Waals surface area (Å²) in [6.45, 7) is 7.77. The second kappa shape index (κ2) is 13.1. The molecule has 0 saturated heterocycles. The number of nitrogens with zero attached hydrogens (tertiary/aromatic N) is 3. The smallest absolute Gasteiger partial charge is 0.264 e. The van der Waals surface area contributed by atoms with Crippen molar-refractivity contribution >= 4 is 27.7 Å². The molecule has 3 aromatic rings. The summed E-state index contributed by atoms with van der Waals surface area (Å²) >= 11 is 0. The number of carbonyl (C=O) groups is 2. The quantitative estimate of drug-likeness (QED) is 0.346. The van der Waals surface area contributed by atoms with Crippen LogP contribution in [0.1, 0.15) is 37.1 Å². The van der Waals surface area contributed by atoms with E-state index in [4.69, 9.17) is 9.26 Å². The van der Waals surface area contributed by atoms with Gasteiger partial charge in [-0.2, -0.15) is 0 Å². The molecule has 0 saturated carbocycles. The van der Waals surface area contributed by atoms with Gasteiger partial charge in [0.1, 0.15) is 6.04 Å². The van der Waals surface area contributed by atoms with Gasteiger partial charge >= 0.3 is 0 Å². The van der Waals surface area contributed by atoms with E-state index in [1.54, 1.807) is 51.0 Å². The topological polar surface area (TPSA) is 122 Å². The van der Waals surface area contributed by atoms with Crippen LogP contribution < -0.4 is 4.72 Å². The SMILES string of the molecule is COCCC(=O)N(Cc1ccc(-c2ccccc2S(=O)(=O)Nc2onc(C)c2C)cc1)C(C(=O)N(C)C)C(C)C. The summed E-state index contributed by atoms with van der Waals surface area (Å²) in [5.41, 5.74) is 3.20. The number of nitrogens with one attached hydrogen (secondary N) is 1. The first kappa shape index (κ1) is 30.8. The molecule has 1 N–H and O–H groups in total. The molecule has 0 bridgehead atoms. The highest BCUT2D eigenvalue weighted by Gasteiger charge is 2.33. The van der Waals surface area contributed by atoms with Crippen molar-refractivity contribution in [1.82, 2.24) is 15.0 Å². The van der Waals surface area contributed by atoms with Crippen LogP contribution in [0, 0.1) is 19.8 Å². The summed E-state index contributed by atoms with van der Waals surface area (Å²) in [5, 5.41) is 3.82. The first-order chi connectivity index (χ1) is 18.9. The highest BCUT2D eigenvalue weighted by atomic mass is 32.2. The van der Waals surface area contributed by atoms with Crippen molar-refractivity contribution in [3.05, 3.63) is 65.4 Å². The molecular weight excluding hydrogens is 532 g/mol. The summed E-state index contributed by atoms with van der Waals surface area (Å²) in [4.78, 5) is 29.4. The molecule has 0 fully saturated rings. The summed E-state index contributed by atoms with van der Waals surface area (Å²) in [7, 11) is 0.903. The van der Waals surface area contributed by atoms with Crippen LogP contribution in [-0.4, -0.2) is 69.0 Å². The highest BCUT2D eigenvalue weighted by molar-refractivity contribution is 7.92. The lowest BCUT2D eigenvalue weighted by Gasteiger charge is -2.35. The van der Waals surface area contributed by atoms with Crippen LogP contribution >= 0.6 is 0 Å². The van der Waals surface area contributed by atoms with Crippen molar-refractivity contribution in [2.24, 2.45) is 5.92 Å². The zero-order valence-electron chi connectivity index (χ0n) is 24.1. The number of hydrogen-bond acceptors (Lipinski definition) is 7. The number of carbonyl (C=O) groups excluding carboxylic acids is 2. The molecule has 2 amide bonds. The molecule has 1 atom stereocenters. The summed E-state index contributed by atoms with van der Waals surface area (Å²) in [6, 6.07) is 13.3. The van der Waals surface area contributed by atoms with Crippen molar-refractivity contribution in [2.75, 3.05) is 32.5 Å². The summed E-state index contributed by atoms with van der Waals surface area (Å²) in [6.07, 6.45) is 0.154. The first-order valence-electron chi connectivity index (χ1n) is 13.0. The second-order valence-electron chi connectivity index (χ2n) is 10.2. The van der Waals surface area contributed by atoms with E-state index in [1.165, 1.54) is 18.1 Å². The van der Waals surface area contributed by atoms with Crippen molar-refractivity contribution in [1.29, 1.82) is 0 Å². The number of aromatic nitrogens is 1. The minimum Gasteiger partial charge on any atom is -0.384 e. The Morgan fingerprint density at radius 3 is 2.25 bits per heavy atom. The van der Waals surface area contributed by atoms with E-state index in [2.05, 4.69) is 9.88 Å². The fourth-order valence-electron chi connectivity index (χ4n) is 4.33. The normalized spacial score (nSPS) is 12.3. The Bertz CT molecular complexity index is 1430. The average Bonchev–Trinajstić information content (AvgIpc) is 3.23. The Morgan fingerprint density at radius 1 is 1.05 bits per heavy atom. The van der Waals surface area contributed by atoms with E-state index in [0.29, 0.717) is 22.4 Å². The maximum absolute atomic E-state index is 13.3. The van der Waals surface area contributed by atoms with Crippen LogP contribution in [0.25, 0.3) is 11.1 Å². The van der Waals surface area contributed by atoms with Gasteiger partial charge in [-0.3, -0.25) is 9.59 Å². The standard InChI is InChI=1S/C29H38N4O6S/c1-19(2)27(29(35)32(5)6)33(26(34)16-17-38-7)18-22-12-14-23(15-13-22)24-10-8-9-11-25(24)40(36,37)31-28-20(3)21(4)30-39-28/h8-15,19,27,31H,16-18H2,1-7H3. The molecule has 0 radical (unpaired) electrons. The number of ether oxygens (including phenoxy) is 1. The molecule has 3 rings (SSSR count). The number of rotatable bonds is 12. The van der Waals surface area contributed by atoms with Crippen LogP contribution in [0.3, 0.4) is 0 Å². The summed E-state index contributed by atoms with van der Waals surface area (Å²) < 4.78 is 39.4. The van der Waals surface area contributed by atoms with E-state index in [0.717, 1.165) is 5.56 Å². The Morgan fingerprint density at radius 2 is 1.70 bits per heavy atom. The fraction of sp³-hybridized carbons (Fsp3) is 0.414. The predicted octanol–water partition coefficient (Wildman–Crippen LogP) is 4.24. The Balaban J connectivity index is 1.93. The molecular formula is C29H38N4O6S. The Kier molecular flexibility index (Phi) is 10.1. The lowest BCUT2D eigenvalue weighted by molar-refractivity contribution is -0.147. The number of aryl methyl sites for hydroxylation is 1. The monoisotopic (exact) mass is 570 g/mol. The molecule has 1 unspecified atom stereocenters. The predicted molar refractivity (Wildman–Crippen MR) is 153 cm³/mol. The number of hydrogen-bond donors (Lipinski definition) is 1. The number of likely N-dealkylation sites (N-methyl/N-ethyl adjacent to an activating group) is 1. The van der Waals surface area contributed by atoms with E-state index < -0.39 is 16.1 Å². The second-order valence-corrected chi connectivity index (χ2v) is 11.9. The highest BCUT2D eigenvalue weighted by Crippen LogP contribution is 2.30. The Hall–Kier alpha value is -3.70. The van der Waals surface area contributed by atoms with Gasteiger partial charge in [-0.1, -0.05) is 61.5 Å². The lowest BCUT2D eigenvalue weighted by Crippen LogP contribution is -2.51. The van der Waals surface area contributed by atoms with Crippen molar-refractivity contribution < 1.29 is 27.3 Å². The molecule has 1 aromatic heterocycles. The minimum atomic E-state index is -3.98. The summed E-state index contributed by atoms with van der Waals surface area (Å²) in [5.74, 6) is -0.364. The molecule has 1 heterocycles. The maximum Gasteiger partial charge on any atom is 0.264 e. The van der Waals surface area contributed by atoms with Crippen LogP contribution in [-0.2, 0) is 30.9 Å². The number of amides is 2. The van der Waals surface area contributed by atoms with Gasteiger partial charge in [-0.05, 0) is 37.0 Å². The Labute approximate surface area is 236 Å². The zero-order chi connectivity index (χ0) is 29.6. The lowest BCUT2D eigenvalue weighted by atomic mass is 9.98. The number of sulfonamides is 1. The third-order valence-corrected chi connectivity index (χ3v) is 8.07. The molecule has 216 valence electrons. The van der Waals surface area contributed by atoms with Gasteiger partial charge in [-0.15, -0.1) is 0 Å². The van der Waals surface area contributed by atoms with Crippen molar-refractivity contribution in [3.8, 4) is 11.1 Å². The van der Waals surface area contributed by atoms with Crippen LogP contribution in [0.2, 0.25) is 0 Å². The molecule has 0 spiro atoms. The fourth-order valence-corrected chi connectivity index (χ4v) is 5.61. The van der Waals surface area contributed by atoms with Crippen LogP contribution in [0.4, 0.5) is 5.88 Å². The molecule has 0 aliphatic carbocycles. The number of benzene rings is 2. The first-order valence-corrected chi connectivity index (χ1v) is 14.5. The third kappa shape index (κ3) is 7.08. The van der Waals surface area contributed by atoms with Gasteiger partial charge < -0.3 is 19.1 Å². The molecule has 0 aliphatic rings. The van der Waals surface area contributed by atoms with E-state index in [1.807, 2.05) is 38.1 Å². The van der Waals surface area contributed by atoms with Gasteiger partial charge in [-0.25, -0.2) is 13.1 Å². The van der Waals surface area contributed by atoms with Gasteiger partial charge in [0.2, 0.25) is 17.7 Å². The molecule has 11 heteroatoms. The van der Waals surface area contributed by atoms with Gasteiger partial charge in [0.05, 0.1) is 23.6 Å². The van der Waals surface area contributed by atoms with Crippen LogP contribution in [0.5, 0.6) is 0 Å². The largest absolute Gasteiger partial charge is 0.384 e. The molecule has 40 heavy (non-hydrogen) atoms. The zero-order valence-corrected chi connectivity index (χ0v) is 24.9. The third-order valence-electron chi connectivity index (χ3n) is 6.68. The number of anilines is 1.